The van der Waals surface area contributed by atoms with E-state index in [0.717, 1.165) is 12.0 Å². The van der Waals surface area contributed by atoms with Crippen molar-refractivity contribution in [3.8, 4) is 0 Å². The van der Waals surface area contributed by atoms with Crippen LogP contribution in [0.2, 0.25) is 0 Å². The maximum absolute atomic E-state index is 14.0. The van der Waals surface area contributed by atoms with Crippen molar-refractivity contribution in [3.63, 3.8) is 0 Å². The van der Waals surface area contributed by atoms with Crippen molar-refractivity contribution in [2.75, 3.05) is 6.61 Å². The van der Waals surface area contributed by atoms with Gasteiger partial charge in [0.05, 0.1) is 31.0 Å². The highest BCUT2D eigenvalue weighted by Crippen LogP contribution is 2.48. The number of carbonyl (C=O) groups excluding carboxylic acids is 1. The number of allylic oxidation sites excluding steroid dienone is 2. The summed E-state index contributed by atoms with van der Waals surface area (Å²) >= 11 is 0. The van der Waals surface area contributed by atoms with Crippen LogP contribution in [0, 0.1) is 23.7 Å². The van der Waals surface area contributed by atoms with Gasteiger partial charge in [0, 0.05) is 31.1 Å². The second kappa shape index (κ2) is 12.5. The average Bonchev–Trinajstić information content (AvgIpc) is 3.30. The van der Waals surface area contributed by atoms with Gasteiger partial charge < -0.3 is 39.4 Å². The molecule has 0 radical (unpaired) electrons. The Morgan fingerprint density at radius 3 is 2.51 bits per heavy atom. The van der Waals surface area contributed by atoms with E-state index in [0.29, 0.717) is 24.0 Å². The maximum Gasteiger partial charge on any atom is 0.316 e. The molecular weight excluding hydrogens is 552 g/mol. The van der Waals surface area contributed by atoms with Crippen molar-refractivity contribution < 1.29 is 44.2 Å². The Kier molecular flexibility index (Phi) is 9.46. The molecule has 5 rings (SSSR count). The maximum atomic E-state index is 14.0. The fraction of sp³-hybridized carbons (Fsp3) is 0.735. The van der Waals surface area contributed by atoms with E-state index < -0.39 is 59.9 Å². The Bertz CT molecular complexity index is 1170. The summed E-state index contributed by atoms with van der Waals surface area (Å²) in [6, 6.07) is 0. The summed E-state index contributed by atoms with van der Waals surface area (Å²) in [4.78, 5) is 14.0. The minimum absolute atomic E-state index is 0.0483. The zero-order valence-electron chi connectivity index (χ0n) is 26.3. The molecule has 3 saturated heterocycles. The third-order valence-electron chi connectivity index (χ3n) is 10.6. The standard InChI is InChI=1S/C34H50O9/c1-7-18(2)30-22(6)27(35)16-33(43-30)15-25-14-24(42-33)12-11-20(4)28(36)19(3)9-8-10-23-17-40-31-29(37)21(5)13-26(32(38)41-25)34(23,31)39/h8-11,13,18-19,22,24-31,35-37,39H,7,12,14-17H2,1-6H3/b9-8+,20-11+,23-10+/t18-,19-,22-,24+,25-,26-,27-,28-,29+,30+,31+,33-,34+/m0/s1. The van der Waals surface area contributed by atoms with Crippen molar-refractivity contribution in [1.29, 1.82) is 0 Å². The first-order valence-corrected chi connectivity index (χ1v) is 16.0. The summed E-state index contributed by atoms with van der Waals surface area (Å²) in [6.07, 6.45) is 6.40. The van der Waals surface area contributed by atoms with Gasteiger partial charge in [0.1, 0.15) is 29.8 Å². The highest BCUT2D eigenvalue weighted by molar-refractivity contribution is 5.78. The summed E-state index contributed by atoms with van der Waals surface area (Å²) in [6.45, 7) is 11.8. The Labute approximate surface area is 255 Å². The van der Waals surface area contributed by atoms with Crippen LogP contribution in [0.25, 0.3) is 0 Å². The van der Waals surface area contributed by atoms with Crippen LogP contribution in [-0.4, -0.2) is 87.1 Å². The van der Waals surface area contributed by atoms with Crippen molar-refractivity contribution in [3.05, 3.63) is 47.1 Å². The van der Waals surface area contributed by atoms with Gasteiger partial charge in [0.2, 0.25) is 0 Å². The van der Waals surface area contributed by atoms with Crippen LogP contribution in [0.4, 0.5) is 0 Å². The molecule has 3 fully saturated rings. The summed E-state index contributed by atoms with van der Waals surface area (Å²) in [5.41, 5.74) is -0.00894. The topological polar surface area (TPSA) is 135 Å². The van der Waals surface area contributed by atoms with Gasteiger partial charge in [0.15, 0.2) is 5.79 Å². The molecule has 9 heteroatoms. The Morgan fingerprint density at radius 2 is 1.79 bits per heavy atom. The van der Waals surface area contributed by atoms with Crippen LogP contribution in [0.3, 0.4) is 0 Å². The molecule has 0 aromatic heterocycles. The summed E-state index contributed by atoms with van der Waals surface area (Å²) in [5.74, 6) is -2.97. The molecule has 2 bridgehead atoms. The van der Waals surface area contributed by atoms with Gasteiger partial charge >= 0.3 is 5.97 Å². The molecule has 43 heavy (non-hydrogen) atoms. The van der Waals surface area contributed by atoms with Gasteiger partial charge in [-0.2, -0.15) is 0 Å². The minimum atomic E-state index is -1.80. The summed E-state index contributed by atoms with van der Waals surface area (Å²) in [7, 11) is 0. The molecule has 13 atom stereocenters. The Balaban J connectivity index is 1.54. The van der Waals surface area contributed by atoms with Gasteiger partial charge in [0.25, 0.3) is 0 Å². The normalized spacial score (nSPS) is 49.5. The predicted octanol–water partition coefficient (Wildman–Crippen LogP) is 3.50. The molecule has 4 heterocycles. The van der Waals surface area contributed by atoms with Crippen molar-refractivity contribution >= 4 is 5.97 Å². The van der Waals surface area contributed by atoms with Crippen molar-refractivity contribution in [1.82, 2.24) is 0 Å². The molecule has 1 aliphatic carbocycles. The first kappa shape index (κ1) is 32.5. The van der Waals surface area contributed by atoms with Gasteiger partial charge in [-0.1, -0.05) is 64.5 Å². The SMILES string of the molecule is CC[C@H](C)[C@H]1O[C@@]2(C[C@@H]3C[C@@H](C/C=C(\C)[C@@H](O)[C@@H](C)/C=C/C=C4\CO[C@@H]5[C@H](O)C(C)=C[C@@H](C(=O)O3)[C@]45O)O2)C[C@H](O)[C@@H]1C. The molecule has 0 aromatic rings. The fourth-order valence-electron chi connectivity index (χ4n) is 7.57. The number of ether oxygens (including phenoxy) is 4. The van der Waals surface area contributed by atoms with E-state index in [2.05, 4.69) is 13.8 Å². The fourth-order valence-corrected chi connectivity index (χ4v) is 7.57. The smallest absolute Gasteiger partial charge is 0.316 e. The van der Waals surface area contributed by atoms with Gasteiger partial charge in [-0.05, 0) is 42.9 Å². The van der Waals surface area contributed by atoms with Crippen LogP contribution >= 0.6 is 0 Å². The van der Waals surface area contributed by atoms with E-state index in [9.17, 15) is 25.2 Å². The zero-order valence-corrected chi connectivity index (χ0v) is 26.3. The number of esters is 1. The molecule has 240 valence electrons. The monoisotopic (exact) mass is 602 g/mol. The highest BCUT2D eigenvalue weighted by Gasteiger charge is 2.60. The van der Waals surface area contributed by atoms with E-state index in [1.54, 1.807) is 25.2 Å². The minimum Gasteiger partial charge on any atom is -0.462 e. The van der Waals surface area contributed by atoms with Gasteiger partial charge in [-0.15, -0.1) is 0 Å². The highest BCUT2D eigenvalue weighted by atomic mass is 16.7. The van der Waals surface area contributed by atoms with Crippen LogP contribution in [0.15, 0.2) is 47.1 Å². The van der Waals surface area contributed by atoms with E-state index in [-0.39, 0.29) is 43.3 Å². The molecule has 0 aromatic carbocycles. The van der Waals surface area contributed by atoms with Gasteiger partial charge in [-0.25, -0.2) is 0 Å². The number of carbonyl (C=O) groups is 1. The second-order valence-corrected chi connectivity index (χ2v) is 13.7. The van der Waals surface area contributed by atoms with Crippen molar-refractivity contribution in [2.45, 2.75) is 128 Å². The van der Waals surface area contributed by atoms with Crippen molar-refractivity contribution in [2.24, 2.45) is 23.7 Å². The summed E-state index contributed by atoms with van der Waals surface area (Å²) in [5, 5.41) is 45.2. The van der Waals surface area contributed by atoms with Gasteiger partial charge in [-0.3, -0.25) is 4.79 Å². The summed E-state index contributed by atoms with van der Waals surface area (Å²) < 4.78 is 25.4. The predicted molar refractivity (Wildman–Crippen MR) is 160 cm³/mol. The average molecular weight is 603 g/mol. The lowest BCUT2D eigenvalue weighted by atomic mass is 9.71. The Morgan fingerprint density at radius 1 is 1.05 bits per heavy atom. The van der Waals surface area contributed by atoms with Crippen LogP contribution in [0.5, 0.6) is 0 Å². The van der Waals surface area contributed by atoms with Crippen LogP contribution < -0.4 is 0 Å². The first-order chi connectivity index (χ1) is 20.3. The molecule has 9 nitrogen and oxygen atoms in total. The molecule has 0 saturated carbocycles. The Hall–Kier alpha value is -1.85. The third-order valence-corrected chi connectivity index (χ3v) is 10.6. The number of aliphatic hydroxyl groups excluding tert-OH is 3. The molecule has 4 N–H and O–H groups in total. The molecule has 0 amide bonds. The van der Waals surface area contributed by atoms with E-state index in [1.807, 2.05) is 32.9 Å². The molecular formula is C34H50O9. The van der Waals surface area contributed by atoms with Crippen LogP contribution in [0.1, 0.15) is 73.6 Å². The van der Waals surface area contributed by atoms with Crippen LogP contribution in [-0.2, 0) is 23.7 Å². The number of hydrogen-bond donors (Lipinski definition) is 4. The quantitative estimate of drug-likeness (QED) is 0.277. The molecule has 0 unspecified atom stereocenters. The molecule has 5 aliphatic rings. The van der Waals surface area contributed by atoms with E-state index >= 15 is 0 Å². The number of rotatable bonds is 2. The number of fused-ring (bicyclic) bond motifs is 2. The molecule has 4 aliphatic heterocycles. The number of aliphatic hydroxyl groups is 4. The lowest BCUT2D eigenvalue weighted by Crippen LogP contribution is -2.60. The van der Waals surface area contributed by atoms with E-state index in [4.69, 9.17) is 18.9 Å². The van der Waals surface area contributed by atoms with E-state index in [1.165, 1.54) is 0 Å². The molecule has 1 spiro atoms. The second-order valence-electron chi connectivity index (χ2n) is 13.7. The third kappa shape index (κ3) is 6.07. The first-order valence-electron chi connectivity index (χ1n) is 16.0. The number of hydrogen-bond acceptors (Lipinski definition) is 9. The lowest BCUT2D eigenvalue weighted by Gasteiger charge is -2.52. The zero-order chi connectivity index (χ0) is 31.3. The lowest BCUT2D eigenvalue weighted by molar-refractivity contribution is -0.354. The largest absolute Gasteiger partial charge is 0.462 e.